The maximum Gasteiger partial charge on any atom is 0.166 e. The second-order valence-electron chi connectivity index (χ2n) is 4.38. The summed E-state index contributed by atoms with van der Waals surface area (Å²) in [7, 11) is 1.87. The van der Waals surface area contributed by atoms with Gasteiger partial charge in [0, 0.05) is 18.0 Å². The van der Waals surface area contributed by atoms with Crippen LogP contribution in [0.1, 0.15) is 17.3 Å². The number of fused-ring (bicyclic) bond motifs is 1. The van der Waals surface area contributed by atoms with E-state index in [2.05, 4.69) is 11.4 Å². The molecule has 2 nitrogen and oxygen atoms in total. The van der Waals surface area contributed by atoms with E-state index in [4.69, 9.17) is 0 Å². The van der Waals surface area contributed by atoms with E-state index in [1.807, 2.05) is 50.4 Å². The summed E-state index contributed by atoms with van der Waals surface area (Å²) in [5, 5.41) is 5.33. The fourth-order valence-corrected chi connectivity index (χ4v) is 2.03. The Balaban J connectivity index is 2.33. The Morgan fingerprint density at radius 1 is 1.18 bits per heavy atom. The smallest absolute Gasteiger partial charge is 0.166 e. The van der Waals surface area contributed by atoms with Crippen LogP contribution in [0, 0.1) is 5.92 Å². The molecule has 0 aromatic heterocycles. The minimum absolute atomic E-state index is 0.0150. The molecule has 1 unspecified atom stereocenters. The van der Waals surface area contributed by atoms with Crippen LogP contribution >= 0.6 is 0 Å². The molecular formula is C15H17NO. The first-order valence-electron chi connectivity index (χ1n) is 5.90. The molecule has 1 N–H and O–H groups in total. The average molecular weight is 227 g/mol. The van der Waals surface area contributed by atoms with Crippen molar-refractivity contribution in [3.8, 4) is 0 Å². The summed E-state index contributed by atoms with van der Waals surface area (Å²) in [6.45, 7) is 2.67. The Hall–Kier alpha value is -1.67. The number of Topliss-reactive ketones (excluding diaryl/α,β-unsaturated/α-hetero) is 1. The summed E-state index contributed by atoms with van der Waals surface area (Å²) in [5.74, 6) is 0.214. The van der Waals surface area contributed by atoms with Crippen LogP contribution in [0.5, 0.6) is 0 Å². The first kappa shape index (κ1) is 11.8. The van der Waals surface area contributed by atoms with Gasteiger partial charge in [-0.15, -0.1) is 0 Å². The molecule has 0 radical (unpaired) electrons. The van der Waals surface area contributed by atoms with Gasteiger partial charge in [0.15, 0.2) is 5.78 Å². The topological polar surface area (TPSA) is 29.1 Å². The van der Waals surface area contributed by atoms with Gasteiger partial charge in [-0.05, 0) is 23.9 Å². The molecule has 17 heavy (non-hydrogen) atoms. The van der Waals surface area contributed by atoms with E-state index in [0.717, 1.165) is 10.9 Å². The lowest BCUT2D eigenvalue weighted by atomic mass is 9.97. The summed E-state index contributed by atoms with van der Waals surface area (Å²) in [6.07, 6.45) is 0. The summed E-state index contributed by atoms with van der Waals surface area (Å²) in [5.41, 5.74) is 0.798. The van der Waals surface area contributed by atoms with Crippen molar-refractivity contribution in [2.24, 2.45) is 5.92 Å². The first-order valence-corrected chi connectivity index (χ1v) is 5.90. The van der Waals surface area contributed by atoms with Gasteiger partial charge in [0.1, 0.15) is 0 Å². The van der Waals surface area contributed by atoms with Gasteiger partial charge in [-0.25, -0.2) is 0 Å². The van der Waals surface area contributed by atoms with Gasteiger partial charge in [0.2, 0.25) is 0 Å². The van der Waals surface area contributed by atoms with Crippen LogP contribution < -0.4 is 5.32 Å². The SMILES string of the molecule is CNCC(C)C(=O)c1ccc2ccccc2c1. The molecule has 0 fully saturated rings. The zero-order valence-corrected chi connectivity index (χ0v) is 10.2. The number of hydrogen-bond acceptors (Lipinski definition) is 2. The minimum Gasteiger partial charge on any atom is -0.319 e. The molecule has 2 rings (SSSR count). The van der Waals surface area contributed by atoms with E-state index in [0.29, 0.717) is 6.54 Å². The fraction of sp³-hybridized carbons (Fsp3) is 0.267. The molecule has 0 spiro atoms. The molecule has 0 heterocycles. The van der Waals surface area contributed by atoms with Crippen molar-refractivity contribution in [3.05, 3.63) is 48.0 Å². The van der Waals surface area contributed by atoms with Gasteiger partial charge in [-0.3, -0.25) is 4.79 Å². The third kappa shape index (κ3) is 2.53. The zero-order valence-electron chi connectivity index (χ0n) is 10.2. The summed E-state index contributed by atoms with van der Waals surface area (Å²) in [4.78, 5) is 12.1. The molecule has 0 saturated carbocycles. The van der Waals surface area contributed by atoms with Gasteiger partial charge < -0.3 is 5.32 Å². The molecule has 0 aliphatic heterocycles. The van der Waals surface area contributed by atoms with Crippen LogP contribution in [-0.4, -0.2) is 19.4 Å². The Labute approximate surface area is 102 Å². The van der Waals surface area contributed by atoms with Crippen LogP contribution in [0.4, 0.5) is 0 Å². The maximum absolute atomic E-state index is 12.1. The average Bonchev–Trinajstić information content (AvgIpc) is 2.37. The summed E-state index contributed by atoms with van der Waals surface area (Å²) < 4.78 is 0. The van der Waals surface area contributed by atoms with Crippen molar-refractivity contribution in [3.63, 3.8) is 0 Å². The molecule has 0 bridgehead atoms. The van der Waals surface area contributed by atoms with E-state index in [1.165, 1.54) is 5.39 Å². The summed E-state index contributed by atoms with van der Waals surface area (Å²) in [6, 6.07) is 14.0. The highest BCUT2D eigenvalue weighted by atomic mass is 16.1. The maximum atomic E-state index is 12.1. The number of nitrogens with one attached hydrogen (secondary N) is 1. The van der Waals surface area contributed by atoms with Crippen LogP contribution in [0.25, 0.3) is 10.8 Å². The highest BCUT2D eigenvalue weighted by molar-refractivity contribution is 6.01. The van der Waals surface area contributed by atoms with Crippen molar-refractivity contribution < 1.29 is 4.79 Å². The monoisotopic (exact) mass is 227 g/mol. The molecule has 2 heteroatoms. The third-order valence-corrected chi connectivity index (χ3v) is 2.99. The lowest BCUT2D eigenvalue weighted by molar-refractivity contribution is 0.0930. The molecule has 0 amide bonds. The molecular weight excluding hydrogens is 210 g/mol. The summed E-state index contributed by atoms with van der Waals surface area (Å²) >= 11 is 0. The van der Waals surface area contributed by atoms with Gasteiger partial charge >= 0.3 is 0 Å². The molecule has 2 aromatic carbocycles. The number of carbonyl (C=O) groups excluding carboxylic acids is 1. The molecule has 88 valence electrons. The van der Waals surface area contributed by atoms with Crippen molar-refractivity contribution in [2.75, 3.05) is 13.6 Å². The van der Waals surface area contributed by atoms with Crippen molar-refractivity contribution in [2.45, 2.75) is 6.92 Å². The highest BCUT2D eigenvalue weighted by Crippen LogP contribution is 2.17. The van der Waals surface area contributed by atoms with Gasteiger partial charge in [0.05, 0.1) is 0 Å². The normalized spacial score (nSPS) is 12.6. The number of rotatable bonds is 4. The molecule has 0 aliphatic rings. The number of ketones is 1. The second kappa shape index (κ2) is 5.11. The van der Waals surface area contributed by atoms with E-state index in [1.54, 1.807) is 0 Å². The fourth-order valence-electron chi connectivity index (χ4n) is 2.03. The predicted molar refractivity (Wildman–Crippen MR) is 71.4 cm³/mol. The van der Waals surface area contributed by atoms with Crippen molar-refractivity contribution in [1.29, 1.82) is 0 Å². The van der Waals surface area contributed by atoms with Crippen molar-refractivity contribution in [1.82, 2.24) is 5.32 Å². The van der Waals surface area contributed by atoms with E-state index in [9.17, 15) is 4.79 Å². The number of hydrogen-bond donors (Lipinski definition) is 1. The lowest BCUT2D eigenvalue weighted by Crippen LogP contribution is -2.23. The molecule has 1 atom stereocenters. The van der Waals surface area contributed by atoms with Gasteiger partial charge in [-0.1, -0.05) is 43.3 Å². The number of carbonyl (C=O) groups is 1. The lowest BCUT2D eigenvalue weighted by Gasteiger charge is -2.10. The van der Waals surface area contributed by atoms with Crippen LogP contribution in [0.2, 0.25) is 0 Å². The molecule has 0 saturated heterocycles. The minimum atomic E-state index is 0.0150. The van der Waals surface area contributed by atoms with E-state index in [-0.39, 0.29) is 11.7 Å². The van der Waals surface area contributed by atoms with Gasteiger partial charge in [0.25, 0.3) is 0 Å². The highest BCUT2D eigenvalue weighted by Gasteiger charge is 2.14. The van der Waals surface area contributed by atoms with Crippen molar-refractivity contribution >= 4 is 16.6 Å². The quantitative estimate of drug-likeness (QED) is 0.814. The van der Waals surface area contributed by atoms with Crippen LogP contribution in [-0.2, 0) is 0 Å². The van der Waals surface area contributed by atoms with Gasteiger partial charge in [-0.2, -0.15) is 0 Å². The molecule has 0 aliphatic carbocycles. The second-order valence-corrected chi connectivity index (χ2v) is 4.38. The Morgan fingerprint density at radius 2 is 1.88 bits per heavy atom. The Morgan fingerprint density at radius 3 is 2.59 bits per heavy atom. The standard InChI is InChI=1S/C15H17NO/c1-11(10-16-2)15(17)14-8-7-12-5-3-4-6-13(12)9-14/h3-9,11,16H,10H2,1-2H3. The zero-order chi connectivity index (χ0) is 12.3. The molecule has 2 aromatic rings. The Kier molecular flexibility index (Phi) is 3.55. The predicted octanol–water partition coefficient (Wildman–Crippen LogP) is 2.88. The third-order valence-electron chi connectivity index (χ3n) is 2.99. The van der Waals surface area contributed by atoms with E-state index >= 15 is 0 Å². The largest absolute Gasteiger partial charge is 0.319 e. The van der Waals surface area contributed by atoms with Crippen LogP contribution in [0.3, 0.4) is 0 Å². The Bertz CT molecular complexity index is 533. The first-order chi connectivity index (χ1) is 8.22. The van der Waals surface area contributed by atoms with E-state index < -0.39 is 0 Å². The van der Waals surface area contributed by atoms with Crippen LogP contribution in [0.15, 0.2) is 42.5 Å². The number of benzene rings is 2.